The second-order valence-corrected chi connectivity index (χ2v) is 6.53. The number of hydrogen-bond acceptors (Lipinski definition) is 4. The molecule has 0 bridgehead atoms. The predicted molar refractivity (Wildman–Crippen MR) is 89.8 cm³/mol. The molecular formula is C18H24N2O4. The summed E-state index contributed by atoms with van der Waals surface area (Å²) in [5, 5.41) is 2.88. The normalized spacial score (nSPS) is 21.6. The lowest BCUT2D eigenvalue weighted by Crippen LogP contribution is -2.41. The van der Waals surface area contributed by atoms with Crippen molar-refractivity contribution in [1.29, 1.82) is 0 Å². The lowest BCUT2D eigenvalue weighted by atomic mass is 9.96. The number of rotatable bonds is 5. The summed E-state index contributed by atoms with van der Waals surface area (Å²) in [6, 6.07) is 7.92. The Balaban J connectivity index is 1.53. The number of fused-ring (bicyclic) bond motifs is 1. The average molecular weight is 332 g/mol. The Labute approximate surface area is 142 Å². The van der Waals surface area contributed by atoms with Crippen LogP contribution in [0.5, 0.6) is 0 Å². The molecule has 1 aromatic carbocycles. The predicted octanol–water partition coefficient (Wildman–Crippen LogP) is 1.80. The number of para-hydroxylation sites is 1. The molecule has 1 fully saturated rings. The van der Waals surface area contributed by atoms with E-state index in [9.17, 15) is 9.59 Å². The van der Waals surface area contributed by atoms with Gasteiger partial charge < -0.3 is 19.7 Å². The van der Waals surface area contributed by atoms with Crippen molar-refractivity contribution in [2.75, 3.05) is 31.2 Å². The van der Waals surface area contributed by atoms with Gasteiger partial charge in [-0.05, 0) is 25.0 Å². The molecule has 2 amide bonds. The molecule has 1 atom stereocenters. The molecule has 1 saturated heterocycles. The van der Waals surface area contributed by atoms with Gasteiger partial charge in [-0.3, -0.25) is 9.59 Å². The van der Waals surface area contributed by atoms with Crippen LogP contribution in [0.15, 0.2) is 24.3 Å². The van der Waals surface area contributed by atoms with Crippen LogP contribution in [0, 0.1) is 0 Å². The Bertz CT molecular complexity index is 625. The van der Waals surface area contributed by atoms with Crippen LogP contribution in [-0.2, 0) is 19.1 Å². The maximum Gasteiger partial charge on any atom is 0.223 e. The van der Waals surface area contributed by atoms with Gasteiger partial charge in [-0.2, -0.15) is 0 Å². The highest BCUT2D eigenvalue weighted by Crippen LogP contribution is 2.38. The van der Waals surface area contributed by atoms with Crippen molar-refractivity contribution in [1.82, 2.24) is 5.32 Å². The highest BCUT2D eigenvalue weighted by Gasteiger charge is 2.32. The summed E-state index contributed by atoms with van der Waals surface area (Å²) in [4.78, 5) is 25.7. The molecule has 1 aromatic rings. The fraction of sp³-hybridized carbons (Fsp3) is 0.556. The minimum atomic E-state index is -0.707. The molecule has 0 aromatic heterocycles. The van der Waals surface area contributed by atoms with E-state index >= 15 is 0 Å². The van der Waals surface area contributed by atoms with E-state index in [2.05, 4.69) is 5.32 Å². The number of benzene rings is 1. The third-order valence-corrected chi connectivity index (χ3v) is 4.68. The van der Waals surface area contributed by atoms with E-state index in [1.54, 1.807) is 11.8 Å². The van der Waals surface area contributed by atoms with Gasteiger partial charge in [0, 0.05) is 31.5 Å². The van der Waals surface area contributed by atoms with Crippen molar-refractivity contribution in [3.8, 4) is 0 Å². The van der Waals surface area contributed by atoms with E-state index in [4.69, 9.17) is 9.47 Å². The van der Waals surface area contributed by atoms with Gasteiger partial charge in [0.1, 0.15) is 0 Å². The fourth-order valence-corrected chi connectivity index (χ4v) is 3.35. The Morgan fingerprint density at radius 3 is 2.71 bits per heavy atom. The van der Waals surface area contributed by atoms with Gasteiger partial charge in [-0.15, -0.1) is 0 Å². The van der Waals surface area contributed by atoms with Crippen molar-refractivity contribution in [3.05, 3.63) is 29.8 Å². The summed E-state index contributed by atoms with van der Waals surface area (Å²) in [5.74, 6) is -0.488. The van der Waals surface area contributed by atoms with Gasteiger partial charge in [0.15, 0.2) is 5.79 Å². The molecule has 6 nitrogen and oxygen atoms in total. The van der Waals surface area contributed by atoms with Gasteiger partial charge in [0.25, 0.3) is 0 Å². The molecule has 1 N–H and O–H groups in total. The van der Waals surface area contributed by atoms with Gasteiger partial charge in [0.05, 0.1) is 19.8 Å². The van der Waals surface area contributed by atoms with Crippen molar-refractivity contribution in [2.45, 2.75) is 38.4 Å². The van der Waals surface area contributed by atoms with Crippen LogP contribution in [0.4, 0.5) is 5.69 Å². The van der Waals surface area contributed by atoms with E-state index in [-0.39, 0.29) is 17.7 Å². The maximum atomic E-state index is 12.1. The maximum absolute atomic E-state index is 12.1. The van der Waals surface area contributed by atoms with Gasteiger partial charge in [-0.25, -0.2) is 0 Å². The van der Waals surface area contributed by atoms with Crippen LogP contribution in [-0.4, -0.2) is 43.9 Å². The van der Waals surface area contributed by atoms with Crippen LogP contribution in [0.25, 0.3) is 0 Å². The monoisotopic (exact) mass is 332 g/mol. The van der Waals surface area contributed by atoms with Gasteiger partial charge >= 0.3 is 0 Å². The quantitative estimate of drug-likeness (QED) is 0.893. The van der Waals surface area contributed by atoms with Crippen LogP contribution in [0.2, 0.25) is 0 Å². The first-order chi connectivity index (χ1) is 11.5. The van der Waals surface area contributed by atoms with Crippen LogP contribution < -0.4 is 10.2 Å². The molecule has 0 saturated carbocycles. The number of ether oxygens (including phenoxy) is 2. The number of hydrogen-bond donors (Lipinski definition) is 1. The molecule has 0 unspecified atom stereocenters. The first-order valence-corrected chi connectivity index (χ1v) is 8.40. The zero-order valence-electron chi connectivity index (χ0n) is 14.2. The number of amides is 2. The van der Waals surface area contributed by atoms with E-state index in [1.807, 2.05) is 31.2 Å². The minimum Gasteiger partial charge on any atom is -0.351 e. The third kappa shape index (κ3) is 3.60. The standard InChI is InChI=1S/C18H24N2O4/c1-13(21)20-11-14(15-5-3-4-6-16(15)20)7-8-17(22)19-12-18(2)23-9-10-24-18/h3-6,14H,7-12H2,1-2H3,(H,19,22)/t14-/m1/s1. The van der Waals surface area contributed by atoms with E-state index in [0.29, 0.717) is 39.1 Å². The van der Waals surface area contributed by atoms with Crippen molar-refractivity contribution in [3.63, 3.8) is 0 Å². The minimum absolute atomic E-state index is 0.0194. The summed E-state index contributed by atoms with van der Waals surface area (Å²) in [6.45, 7) is 5.53. The molecule has 0 aliphatic carbocycles. The number of nitrogens with one attached hydrogen (secondary N) is 1. The Morgan fingerprint density at radius 1 is 1.29 bits per heavy atom. The molecule has 2 aliphatic heterocycles. The zero-order valence-corrected chi connectivity index (χ0v) is 14.2. The first kappa shape index (κ1) is 16.9. The van der Waals surface area contributed by atoms with E-state index < -0.39 is 5.79 Å². The summed E-state index contributed by atoms with van der Waals surface area (Å²) in [6.07, 6.45) is 1.13. The van der Waals surface area contributed by atoms with Crippen LogP contribution in [0.1, 0.15) is 38.2 Å². The summed E-state index contributed by atoms with van der Waals surface area (Å²) in [7, 11) is 0. The second kappa shape index (κ2) is 6.91. The van der Waals surface area contributed by atoms with Crippen molar-refractivity contribution < 1.29 is 19.1 Å². The highest BCUT2D eigenvalue weighted by atomic mass is 16.7. The highest BCUT2D eigenvalue weighted by molar-refractivity contribution is 5.94. The Kier molecular flexibility index (Phi) is 4.87. The van der Waals surface area contributed by atoms with Crippen LogP contribution >= 0.6 is 0 Å². The molecule has 2 aliphatic rings. The molecule has 0 spiro atoms. The van der Waals surface area contributed by atoms with Gasteiger partial charge in [-0.1, -0.05) is 18.2 Å². The van der Waals surface area contributed by atoms with Crippen molar-refractivity contribution in [2.24, 2.45) is 0 Å². The molecule has 130 valence electrons. The van der Waals surface area contributed by atoms with Crippen LogP contribution in [0.3, 0.4) is 0 Å². The van der Waals surface area contributed by atoms with E-state index in [1.165, 1.54) is 0 Å². The van der Waals surface area contributed by atoms with Gasteiger partial charge in [0.2, 0.25) is 11.8 Å². The number of carbonyl (C=O) groups is 2. The average Bonchev–Trinajstić information content (AvgIpc) is 3.16. The number of carbonyl (C=O) groups excluding carboxylic acids is 2. The summed E-state index contributed by atoms with van der Waals surface area (Å²) < 4.78 is 10.9. The smallest absolute Gasteiger partial charge is 0.223 e. The second-order valence-electron chi connectivity index (χ2n) is 6.53. The molecule has 6 heteroatoms. The summed E-state index contributed by atoms with van der Waals surface area (Å²) in [5.41, 5.74) is 2.12. The van der Waals surface area contributed by atoms with E-state index in [0.717, 1.165) is 11.3 Å². The first-order valence-electron chi connectivity index (χ1n) is 8.40. The molecule has 0 radical (unpaired) electrons. The largest absolute Gasteiger partial charge is 0.351 e. The fourth-order valence-electron chi connectivity index (χ4n) is 3.35. The lowest BCUT2D eigenvalue weighted by Gasteiger charge is -2.22. The molecule has 24 heavy (non-hydrogen) atoms. The number of nitrogens with zero attached hydrogens (tertiary/aromatic N) is 1. The Morgan fingerprint density at radius 2 is 2.00 bits per heavy atom. The Hall–Kier alpha value is -1.92. The van der Waals surface area contributed by atoms with Crippen molar-refractivity contribution >= 4 is 17.5 Å². The SMILES string of the molecule is CC(=O)N1C[C@@H](CCC(=O)NCC2(C)OCCO2)c2ccccc21. The molecular weight excluding hydrogens is 308 g/mol. The molecule has 3 rings (SSSR count). The summed E-state index contributed by atoms with van der Waals surface area (Å²) >= 11 is 0. The molecule has 2 heterocycles. The third-order valence-electron chi connectivity index (χ3n) is 4.68. The number of anilines is 1. The topological polar surface area (TPSA) is 67.9 Å². The lowest BCUT2D eigenvalue weighted by molar-refractivity contribution is -0.145. The zero-order chi connectivity index (χ0) is 17.2.